The van der Waals surface area contributed by atoms with Gasteiger partial charge >= 0.3 is 0 Å². The lowest BCUT2D eigenvalue weighted by molar-refractivity contribution is 0.101. The van der Waals surface area contributed by atoms with Crippen LogP contribution in [0.25, 0.3) is 10.9 Å². The molecule has 22 heavy (non-hydrogen) atoms. The van der Waals surface area contributed by atoms with Crippen LogP contribution in [0.2, 0.25) is 5.02 Å². The molecule has 112 valence electrons. The zero-order chi connectivity index (χ0) is 15.7. The van der Waals surface area contributed by atoms with Crippen molar-refractivity contribution in [3.8, 4) is 5.75 Å². The van der Waals surface area contributed by atoms with Crippen molar-refractivity contribution in [2.24, 2.45) is 7.05 Å². The minimum Gasteiger partial charge on any atom is -0.495 e. The molecule has 0 saturated heterocycles. The van der Waals surface area contributed by atoms with E-state index in [0.717, 1.165) is 10.9 Å². The van der Waals surface area contributed by atoms with Crippen molar-refractivity contribution in [2.75, 3.05) is 12.4 Å². The van der Waals surface area contributed by atoms with Crippen LogP contribution < -0.4 is 10.1 Å². The van der Waals surface area contributed by atoms with Crippen molar-refractivity contribution in [1.82, 2.24) is 4.57 Å². The van der Waals surface area contributed by atoms with Crippen LogP contribution in [0.15, 0.2) is 48.5 Å². The number of rotatable bonds is 3. The van der Waals surface area contributed by atoms with Gasteiger partial charge in [0, 0.05) is 23.0 Å². The Labute approximate surface area is 133 Å². The Balaban J connectivity index is 1.99. The van der Waals surface area contributed by atoms with Crippen LogP contribution >= 0.6 is 11.6 Å². The number of hydrogen-bond donors (Lipinski definition) is 1. The minimum atomic E-state index is -0.209. The van der Waals surface area contributed by atoms with Gasteiger partial charge in [-0.25, -0.2) is 0 Å². The van der Waals surface area contributed by atoms with Gasteiger partial charge in [-0.2, -0.15) is 0 Å². The normalized spacial score (nSPS) is 10.7. The van der Waals surface area contributed by atoms with E-state index in [0.29, 0.717) is 22.2 Å². The van der Waals surface area contributed by atoms with Crippen LogP contribution in [0.1, 0.15) is 10.5 Å². The average Bonchev–Trinajstić information content (AvgIpc) is 2.87. The maximum absolute atomic E-state index is 12.6. The summed E-state index contributed by atoms with van der Waals surface area (Å²) in [6, 6.07) is 14.7. The molecule has 0 aliphatic heterocycles. The van der Waals surface area contributed by atoms with E-state index in [1.807, 2.05) is 41.9 Å². The number of fused-ring (bicyclic) bond motifs is 1. The maximum atomic E-state index is 12.6. The average molecular weight is 315 g/mol. The second-order valence-electron chi connectivity index (χ2n) is 4.92. The molecule has 0 atom stereocenters. The molecule has 0 fully saturated rings. The first kappa shape index (κ1) is 14.5. The predicted molar refractivity (Wildman–Crippen MR) is 88.9 cm³/mol. The molecule has 4 nitrogen and oxygen atoms in total. The highest BCUT2D eigenvalue weighted by Crippen LogP contribution is 2.28. The van der Waals surface area contributed by atoms with Crippen LogP contribution in [0, 0.1) is 0 Å². The molecule has 5 heteroatoms. The SMILES string of the molecule is COc1ccccc1NC(=O)c1cc2c(Cl)cccc2n1C. The Bertz CT molecular complexity index is 855. The molecule has 3 rings (SSSR count). The molecule has 1 heterocycles. The number of nitrogens with zero attached hydrogens (tertiary/aromatic N) is 1. The van der Waals surface area contributed by atoms with Crippen molar-refractivity contribution in [3.63, 3.8) is 0 Å². The summed E-state index contributed by atoms with van der Waals surface area (Å²) in [4.78, 5) is 12.6. The summed E-state index contributed by atoms with van der Waals surface area (Å²) in [6.45, 7) is 0. The van der Waals surface area contributed by atoms with Gasteiger partial charge < -0.3 is 14.6 Å². The number of ether oxygens (including phenoxy) is 1. The molecule has 1 amide bonds. The number of carbonyl (C=O) groups excluding carboxylic acids is 1. The van der Waals surface area contributed by atoms with Gasteiger partial charge in [-0.05, 0) is 30.3 Å². The lowest BCUT2D eigenvalue weighted by atomic mass is 10.2. The first-order valence-corrected chi connectivity index (χ1v) is 7.18. The lowest BCUT2D eigenvalue weighted by Gasteiger charge is -2.10. The Morgan fingerprint density at radius 1 is 1.18 bits per heavy atom. The standard InChI is InChI=1S/C17H15ClN2O2/c1-20-14-8-5-6-12(18)11(14)10-15(20)17(21)19-13-7-3-4-9-16(13)22-2/h3-10H,1-2H3,(H,19,21). The highest BCUT2D eigenvalue weighted by atomic mass is 35.5. The second kappa shape index (κ2) is 5.73. The molecular weight excluding hydrogens is 300 g/mol. The van der Waals surface area contributed by atoms with Crippen LogP contribution in [0.4, 0.5) is 5.69 Å². The molecule has 0 bridgehead atoms. The number of carbonyl (C=O) groups is 1. The minimum absolute atomic E-state index is 0.209. The van der Waals surface area contributed by atoms with Gasteiger partial charge in [0.2, 0.25) is 0 Å². The van der Waals surface area contributed by atoms with Gasteiger partial charge in [0.1, 0.15) is 11.4 Å². The molecule has 0 spiro atoms. The van der Waals surface area contributed by atoms with Gasteiger partial charge in [-0.15, -0.1) is 0 Å². The van der Waals surface area contributed by atoms with Gasteiger partial charge in [0.25, 0.3) is 5.91 Å². The summed E-state index contributed by atoms with van der Waals surface area (Å²) < 4.78 is 7.07. The number of benzene rings is 2. The maximum Gasteiger partial charge on any atom is 0.272 e. The molecular formula is C17H15ClN2O2. The number of methoxy groups -OCH3 is 1. The molecule has 0 saturated carbocycles. The van der Waals surface area contributed by atoms with Gasteiger partial charge in [-0.1, -0.05) is 29.8 Å². The molecule has 0 aliphatic carbocycles. The molecule has 1 aromatic heterocycles. The topological polar surface area (TPSA) is 43.3 Å². The number of halogens is 1. The number of aromatic nitrogens is 1. The van der Waals surface area contributed by atoms with E-state index >= 15 is 0 Å². The summed E-state index contributed by atoms with van der Waals surface area (Å²) in [5.41, 5.74) is 2.08. The predicted octanol–water partition coefficient (Wildman–Crippen LogP) is 4.09. The van der Waals surface area contributed by atoms with Crippen molar-refractivity contribution in [2.45, 2.75) is 0 Å². The molecule has 0 unspecified atom stereocenters. The zero-order valence-electron chi connectivity index (χ0n) is 12.3. The van der Waals surface area contributed by atoms with Crippen LogP contribution in [-0.4, -0.2) is 17.6 Å². The quantitative estimate of drug-likeness (QED) is 0.791. The third-order valence-corrected chi connectivity index (χ3v) is 3.95. The largest absolute Gasteiger partial charge is 0.495 e. The van der Waals surface area contributed by atoms with Crippen LogP contribution in [-0.2, 0) is 7.05 Å². The molecule has 1 N–H and O–H groups in total. The van der Waals surface area contributed by atoms with E-state index < -0.39 is 0 Å². The van der Waals surface area contributed by atoms with Gasteiger partial charge in [0.05, 0.1) is 12.8 Å². The number of hydrogen-bond acceptors (Lipinski definition) is 2. The highest BCUT2D eigenvalue weighted by molar-refractivity contribution is 6.35. The fraction of sp³-hybridized carbons (Fsp3) is 0.118. The molecule has 0 aliphatic rings. The second-order valence-corrected chi connectivity index (χ2v) is 5.32. The van der Waals surface area contributed by atoms with E-state index in [1.54, 1.807) is 25.3 Å². The van der Waals surface area contributed by atoms with Crippen molar-refractivity contribution in [1.29, 1.82) is 0 Å². The molecule has 2 aromatic carbocycles. The number of nitrogens with one attached hydrogen (secondary N) is 1. The van der Waals surface area contributed by atoms with Crippen molar-refractivity contribution >= 4 is 34.1 Å². The number of anilines is 1. The van der Waals surface area contributed by atoms with Crippen LogP contribution in [0.3, 0.4) is 0 Å². The van der Waals surface area contributed by atoms with E-state index in [1.165, 1.54) is 0 Å². The summed E-state index contributed by atoms with van der Waals surface area (Å²) >= 11 is 6.19. The third-order valence-electron chi connectivity index (χ3n) is 3.62. The van der Waals surface area contributed by atoms with Crippen molar-refractivity contribution in [3.05, 3.63) is 59.2 Å². The van der Waals surface area contributed by atoms with Gasteiger partial charge in [0.15, 0.2) is 0 Å². The first-order chi connectivity index (χ1) is 10.6. The first-order valence-electron chi connectivity index (χ1n) is 6.80. The fourth-order valence-electron chi connectivity index (χ4n) is 2.48. The van der Waals surface area contributed by atoms with E-state index in [2.05, 4.69) is 5.32 Å². The Hall–Kier alpha value is -2.46. The van der Waals surface area contributed by atoms with E-state index in [4.69, 9.17) is 16.3 Å². The smallest absolute Gasteiger partial charge is 0.272 e. The summed E-state index contributed by atoms with van der Waals surface area (Å²) in [6.07, 6.45) is 0. The van der Waals surface area contributed by atoms with Crippen molar-refractivity contribution < 1.29 is 9.53 Å². The Morgan fingerprint density at radius 3 is 2.68 bits per heavy atom. The number of para-hydroxylation sites is 2. The summed E-state index contributed by atoms with van der Waals surface area (Å²) in [5, 5.41) is 4.36. The zero-order valence-corrected chi connectivity index (χ0v) is 13.0. The number of amides is 1. The highest BCUT2D eigenvalue weighted by Gasteiger charge is 2.16. The third kappa shape index (κ3) is 2.42. The monoisotopic (exact) mass is 314 g/mol. The van der Waals surface area contributed by atoms with E-state index in [-0.39, 0.29) is 5.91 Å². The molecule has 3 aromatic rings. The van der Waals surface area contributed by atoms with Gasteiger partial charge in [-0.3, -0.25) is 4.79 Å². The van der Waals surface area contributed by atoms with E-state index in [9.17, 15) is 4.79 Å². The fourth-order valence-corrected chi connectivity index (χ4v) is 2.70. The number of aryl methyl sites for hydroxylation is 1. The summed E-state index contributed by atoms with van der Waals surface area (Å²) in [7, 11) is 3.41. The van der Waals surface area contributed by atoms with Crippen LogP contribution in [0.5, 0.6) is 5.75 Å². The Kier molecular flexibility index (Phi) is 3.77. The molecule has 0 radical (unpaired) electrons. The lowest BCUT2D eigenvalue weighted by Crippen LogP contribution is -2.16. The Morgan fingerprint density at radius 2 is 1.95 bits per heavy atom. The summed E-state index contributed by atoms with van der Waals surface area (Å²) in [5.74, 6) is 0.409.